The van der Waals surface area contributed by atoms with Gasteiger partial charge in [0.1, 0.15) is 5.75 Å². The summed E-state index contributed by atoms with van der Waals surface area (Å²) in [4.78, 5) is 10.3. The molecule has 20 heavy (non-hydrogen) atoms. The Kier molecular flexibility index (Phi) is 4.68. The average Bonchev–Trinajstić information content (AvgIpc) is 2.44. The molecule has 2 aromatic carbocycles. The smallest absolute Gasteiger partial charge is 0.269 e. The van der Waals surface area contributed by atoms with Crippen LogP contribution in [0, 0.1) is 10.1 Å². The highest BCUT2D eigenvalue weighted by Gasteiger charge is 2.05. The Bertz CT molecular complexity index is 599. The van der Waals surface area contributed by atoms with Crippen molar-refractivity contribution < 1.29 is 10.0 Å². The molecule has 0 atom stereocenters. The van der Waals surface area contributed by atoms with Gasteiger partial charge in [0.05, 0.1) is 4.92 Å². The van der Waals surface area contributed by atoms with Gasteiger partial charge in [-0.05, 0) is 36.2 Å². The Hall–Kier alpha value is -2.40. The van der Waals surface area contributed by atoms with Crippen molar-refractivity contribution in [3.05, 3.63) is 69.8 Å². The van der Waals surface area contributed by atoms with Crippen molar-refractivity contribution in [2.24, 2.45) is 0 Å². The van der Waals surface area contributed by atoms with Gasteiger partial charge in [0.15, 0.2) is 0 Å². The van der Waals surface area contributed by atoms with Gasteiger partial charge < -0.3 is 10.4 Å². The number of non-ortho nitro benzene ring substituents is 1. The van der Waals surface area contributed by atoms with Gasteiger partial charge in [-0.2, -0.15) is 0 Å². The third-order valence-electron chi connectivity index (χ3n) is 2.95. The van der Waals surface area contributed by atoms with Crippen LogP contribution in [0.25, 0.3) is 0 Å². The van der Waals surface area contributed by atoms with E-state index >= 15 is 0 Å². The molecule has 104 valence electrons. The van der Waals surface area contributed by atoms with Crippen LogP contribution in [-0.4, -0.2) is 16.6 Å². The fourth-order valence-corrected chi connectivity index (χ4v) is 1.96. The van der Waals surface area contributed by atoms with Crippen molar-refractivity contribution in [1.29, 1.82) is 0 Å². The molecule has 0 saturated heterocycles. The van der Waals surface area contributed by atoms with Crippen LogP contribution in [0.1, 0.15) is 11.1 Å². The van der Waals surface area contributed by atoms with Crippen LogP contribution in [0.4, 0.5) is 5.69 Å². The van der Waals surface area contributed by atoms with Crippen LogP contribution in [0.5, 0.6) is 5.75 Å². The number of phenolic OH excluding ortho intramolecular Hbond substituents is 1. The molecule has 2 aromatic rings. The van der Waals surface area contributed by atoms with Crippen LogP contribution in [0.2, 0.25) is 0 Å². The molecule has 5 nitrogen and oxygen atoms in total. The Morgan fingerprint density at radius 2 is 1.85 bits per heavy atom. The van der Waals surface area contributed by atoms with E-state index in [9.17, 15) is 15.2 Å². The summed E-state index contributed by atoms with van der Waals surface area (Å²) in [7, 11) is 0. The van der Waals surface area contributed by atoms with Crippen LogP contribution in [0.15, 0.2) is 48.5 Å². The number of rotatable bonds is 6. The van der Waals surface area contributed by atoms with Crippen molar-refractivity contribution >= 4 is 5.69 Å². The summed E-state index contributed by atoms with van der Waals surface area (Å²) in [6.45, 7) is 1.33. The molecule has 0 fully saturated rings. The zero-order valence-corrected chi connectivity index (χ0v) is 11.0. The second-order valence-corrected chi connectivity index (χ2v) is 4.52. The molecule has 0 aliphatic rings. The number of benzene rings is 2. The molecule has 0 aliphatic carbocycles. The van der Waals surface area contributed by atoms with Gasteiger partial charge in [0.25, 0.3) is 5.69 Å². The number of aromatic hydroxyl groups is 1. The number of nitro groups is 1. The first-order valence-electron chi connectivity index (χ1n) is 6.37. The second-order valence-electron chi connectivity index (χ2n) is 4.52. The molecule has 0 heterocycles. The van der Waals surface area contributed by atoms with Gasteiger partial charge in [0, 0.05) is 18.7 Å². The summed E-state index contributed by atoms with van der Waals surface area (Å²) in [5.74, 6) is 0.265. The maximum atomic E-state index is 10.7. The number of nitrogens with zero attached hydrogens (tertiary/aromatic N) is 1. The Morgan fingerprint density at radius 3 is 2.60 bits per heavy atom. The lowest BCUT2D eigenvalue weighted by atomic mass is 10.1. The Balaban J connectivity index is 1.81. The third kappa shape index (κ3) is 4.07. The van der Waals surface area contributed by atoms with E-state index in [1.807, 2.05) is 18.2 Å². The van der Waals surface area contributed by atoms with Crippen LogP contribution in [0.3, 0.4) is 0 Å². The van der Waals surface area contributed by atoms with E-state index in [2.05, 4.69) is 5.32 Å². The number of nitro benzene ring substituents is 1. The SMILES string of the molecule is O=[N+]([O-])c1cccc(CNCCc2cccc(O)c2)c1. The topological polar surface area (TPSA) is 75.4 Å². The van der Waals surface area contributed by atoms with Crippen LogP contribution >= 0.6 is 0 Å². The zero-order valence-electron chi connectivity index (χ0n) is 11.0. The first kappa shape index (κ1) is 14.0. The van der Waals surface area contributed by atoms with E-state index in [1.165, 1.54) is 6.07 Å². The molecule has 2 N–H and O–H groups in total. The third-order valence-corrected chi connectivity index (χ3v) is 2.95. The molecule has 0 radical (unpaired) electrons. The quantitative estimate of drug-likeness (QED) is 0.481. The highest BCUT2D eigenvalue weighted by atomic mass is 16.6. The molecule has 0 spiro atoms. The lowest BCUT2D eigenvalue weighted by Crippen LogP contribution is -2.16. The normalized spacial score (nSPS) is 10.4. The van der Waals surface area contributed by atoms with Gasteiger partial charge in [-0.1, -0.05) is 24.3 Å². The molecule has 0 bridgehead atoms. The maximum Gasteiger partial charge on any atom is 0.269 e. The average molecular weight is 272 g/mol. The molecule has 0 amide bonds. The van der Waals surface area contributed by atoms with Gasteiger partial charge >= 0.3 is 0 Å². The van der Waals surface area contributed by atoms with Gasteiger partial charge in [-0.25, -0.2) is 0 Å². The number of phenols is 1. The Labute approximate surface area is 117 Å². The number of hydrogen-bond donors (Lipinski definition) is 2. The first-order valence-corrected chi connectivity index (χ1v) is 6.37. The highest BCUT2D eigenvalue weighted by molar-refractivity contribution is 5.34. The minimum Gasteiger partial charge on any atom is -0.508 e. The van der Waals surface area contributed by atoms with Crippen molar-refractivity contribution in [1.82, 2.24) is 5.32 Å². The summed E-state index contributed by atoms with van der Waals surface area (Å²) in [5, 5.41) is 23.2. The highest BCUT2D eigenvalue weighted by Crippen LogP contribution is 2.13. The van der Waals surface area contributed by atoms with Crippen molar-refractivity contribution in [3.63, 3.8) is 0 Å². The van der Waals surface area contributed by atoms with E-state index in [4.69, 9.17) is 0 Å². The largest absolute Gasteiger partial charge is 0.508 e. The van der Waals surface area contributed by atoms with Crippen molar-refractivity contribution in [2.45, 2.75) is 13.0 Å². The van der Waals surface area contributed by atoms with Crippen LogP contribution < -0.4 is 5.32 Å². The predicted octanol–water partition coefficient (Wildman–Crippen LogP) is 2.63. The summed E-state index contributed by atoms with van der Waals surface area (Å²) in [5.41, 5.74) is 2.05. The summed E-state index contributed by atoms with van der Waals surface area (Å²) >= 11 is 0. The predicted molar refractivity (Wildman–Crippen MR) is 76.6 cm³/mol. The number of nitrogens with one attached hydrogen (secondary N) is 1. The van der Waals surface area contributed by atoms with E-state index in [-0.39, 0.29) is 11.4 Å². The van der Waals surface area contributed by atoms with Crippen LogP contribution in [-0.2, 0) is 13.0 Å². The minimum atomic E-state index is -0.393. The first-order chi connectivity index (χ1) is 9.65. The molecule has 2 rings (SSSR count). The molecular formula is C15H16N2O3. The minimum absolute atomic E-state index is 0.109. The monoisotopic (exact) mass is 272 g/mol. The molecule has 0 unspecified atom stereocenters. The fourth-order valence-electron chi connectivity index (χ4n) is 1.96. The summed E-state index contributed by atoms with van der Waals surface area (Å²) in [6.07, 6.45) is 0.795. The summed E-state index contributed by atoms with van der Waals surface area (Å²) in [6, 6.07) is 13.7. The van der Waals surface area contributed by atoms with E-state index in [0.717, 1.165) is 24.1 Å². The molecule has 0 aromatic heterocycles. The Morgan fingerprint density at radius 1 is 1.10 bits per heavy atom. The zero-order chi connectivity index (χ0) is 14.4. The van der Waals surface area contributed by atoms with E-state index in [1.54, 1.807) is 24.3 Å². The van der Waals surface area contributed by atoms with Crippen molar-refractivity contribution in [2.75, 3.05) is 6.54 Å². The maximum absolute atomic E-state index is 10.7. The van der Waals surface area contributed by atoms with E-state index < -0.39 is 4.92 Å². The summed E-state index contributed by atoms with van der Waals surface area (Å²) < 4.78 is 0. The molecular weight excluding hydrogens is 256 g/mol. The lowest BCUT2D eigenvalue weighted by Gasteiger charge is -2.05. The lowest BCUT2D eigenvalue weighted by molar-refractivity contribution is -0.384. The number of hydrogen-bond acceptors (Lipinski definition) is 4. The van der Waals surface area contributed by atoms with E-state index in [0.29, 0.717) is 6.54 Å². The second kappa shape index (κ2) is 6.68. The molecule has 0 aliphatic heterocycles. The van der Waals surface area contributed by atoms with Gasteiger partial charge in [0.2, 0.25) is 0 Å². The van der Waals surface area contributed by atoms with Gasteiger partial charge in [-0.3, -0.25) is 10.1 Å². The molecule has 0 saturated carbocycles. The fraction of sp³-hybridized carbons (Fsp3) is 0.200. The van der Waals surface area contributed by atoms with Crippen molar-refractivity contribution in [3.8, 4) is 5.75 Å². The van der Waals surface area contributed by atoms with Gasteiger partial charge in [-0.15, -0.1) is 0 Å². The standard InChI is InChI=1S/C15H16N2O3/c18-15-6-2-3-12(10-15)7-8-16-11-13-4-1-5-14(9-13)17(19)20/h1-6,9-10,16,18H,7-8,11H2. The molecule has 5 heteroatoms.